The van der Waals surface area contributed by atoms with Gasteiger partial charge in [0, 0.05) is 7.05 Å². The molecule has 0 bridgehead atoms. The molecule has 0 saturated carbocycles. The quantitative estimate of drug-likeness (QED) is 0.678. The van der Waals surface area contributed by atoms with Crippen LogP contribution in [0.15, 0.2) is 0 Å². The Morgan fingerprint density at radius 2 is 1.94 bits per heavy atom. The molecule has 6 nitrogen and oxygen atoms in total. The zero-order chi connectivity index (χ0) is 13.0. The SMILES string of the molecule is COC(=O)CN(C)S(=O)(=O)NCC(F)(F)F. The summed E-state index contributed by atoms with van der Waals surface area (Å²) in [6, 6.07) is 0. The molecule has 0 aliphatic heterocycles. The molecule has 0 aromatic carbocycles. The number of rotatable bonds is 5. The Balaban J connectivity index is 4.38. The van der Waals surface area contributed by atoms with Crippen molar-refractivity contribution in [3.05, 3.63) is 0 Å². The van der Waals surface area contributed by atoms with E-state index in [-0.39, 0.29) is 0 Å². The molecule has 0 heterocycles. The molecule has 0 radical (unpaired) electrons. The monoisotopic (exact) mass is 264 g/mol. The Hall–Kier alpha value is -0.870. The number of methoxy groups -OCH3 is 1. The highest BCUT2D eigenvalue weighted by molar-refractivity contribution is 7.87. The zero-order valence-corrected chi connectivity index (χ0v) is 9.35. The second kappa shape index (κ2) is 5.46. The third-order valence-electron chi connectivity index (χ3n) is 1.44. The second-order valence-corrected chi connectivity index (χ2v) is 4.64. The lowest BCUT2D eigenvalue weighted by Crippen LogP contribution is -2.44. The van der Waals surface area contributed by atoms with E-state index in [1.807, 2.05) is 0 Å². The van der Waals surface area contributed by atoms with Crippen molar-refractivity contribution >= 4 is 16.2 Å². The van der Waals surface area contributed by atoms with E-state index < -0.39 is 35.4 Å². The predicted octanol–water partition coefficient (Wildman–Crippen LogP) is -0.512. The number of alkyl halides is 3. The summed E-state index contributed by atoms with van der Waals surface area (Å²) in [6.45, 7) is -2.36. The summed E-state index contributed by atoms with van der Waals surface area (Å²) in [7, 11) is -2.35. The number of hydrogen-bond donors (Lipinski definition) is 1. The topological polar surface area (TPSA) is 75.7 Å². The minimum Gasteiger partial charge on any atom is -0.468 e. The molecule has 96 valence electrons. The van der Waals surface area contributed by atoms with Crippen molar-refractivity contribution in [2.75, 3.05) is 27.2 Å². The maximum Gasteiger partial charge on any atom is 0.402 e. The smallest absolute Gasteiger partial charge is 0.402 e. The van der Waals surface area contributed by atoms with Crippen LogP contribution in [0.4, 0.5) is 13.2 Å². The van der Waals surface area contributed by atoms with Crippen LogP contribution in [0.3, 0.4) is 0 Å². The van der Waals surface area contributed by atoms with E-state index in [4.69, 9.17) is 0 Å². The maximum atomic E-state index is 11.7. The Kier molecular flexibility index (Phi) is 5.16. The molecule has 0 atom stereocenters. The molecule has 0 unspecified atom stereocenters. The van der Waals surface area contributed by atoms with Gasteiger partial charge >= 0.3 is 12.1 Å². The average molecular weight is 264 g/mol. The van der Waals surface area contributed by atoms with Crippen LogP contribution in [0.1, 0.15) is 0 Å². The minimum atomic E-state index is -4.65. The summed E-state index contributed by atoms with van der Waals surface area (Å²) in [6.07, 6.45) is -4.65. The number of ether oxygens (including phenoxy) is 1. The fraction of sp³-hybridized carbons (Fsp3) is 0.833. The lowest BCUT2D eigenvalue weighted by atomic mass is 10.7. The number of carbonyl (C=O) groups is 1. The second-order valence-electron chi connectivity index (χ2n) is 2.77. The third kappa shape index (κ3) is 5.88. The molecule has 0 amide bonds. The van der Waals surface area contributed by atoms with Crippen LogP contribution in [0.2, 0.25) is 0 Å². The summed E-state index contributed by atoms with van der Waals surface area (Å²) < 4.78 is 63.4. The molecule has 0 spiro atoms. The lowest BCUT2D eigenvalue weighted by molar-refractivity contribution is -0.140. The van der Waals surface area contributed by atoms with Crippen LogP contribution in [0.25, 0.3) is 0 Å². The van der Waals surface area contributed by atoms with Gasteiger partial charge in [0.25, 0.3) is 10.2 Å². The van der Waals surface area contributed by atoms with E-state index in [2.05, 4.69) is 4.74 Å². The van der Waals surface area contributed by atoms with Gasteiger partial charge in [-0.1, -0.05) is 0 Å². The Labute approximate surface area is 90.5 Å². The van der Waals surface area contributed by atoms with Gasteiger partial charge in [-0.05, 0) is 0 Å². The molecule has 0 fully saturated rings. The molecule has 0 rings (SSSR count). The first-order chi connectivity index (χ1) is 7.08. The number of hydrogen-bond acceptors (Lipinski definition) is 4. The van der Waals surface area contributed by atoms with Crippen LogP contribution in [-0.4, -0.2) is 52.1 Å². The molecule has 0 aromatic rings. The number of carbonyl (C=O) groups excluding carboxylic acids is 1. The lowest BCUT2D eigenvalue weighted by Gasteiger charge is -2.17. The molecule has 16 heavy (non-hydrogen) atoms. The molecule has 0 saturated heterocycles. The van der Waals surface area contributed by atoms with Crippen molar-refractivity contribution in [2.45, 2.75) is 6.18 Å². The van der Waals surface area contributed by atoms with Gasteiger partial charge in [0.2, 0.25) is 0 Å². The molecule has 0 aliphatic rings. The Morgan fingerprint density at radius 3 is 2.31 bits per heavy atom. The van der Waals surface area contributed by atoms with Crippen molar-refractivity contribution in [3.8, 4) is 0 Å². The highest BCUT2D eigenvalue weighted by Gasteiger charge is 2.31. The third-order valence-corrected chi connectivity index (χ3v) is 2.90. The largest absolute Gasteiger partial charge is 0.468 e. The van der Waals surface area contributed by atoms with E-state index in [1.165, 1.54) is 4.72 Å². The highest BCUT2D eigenvalue weighted by Crippen LogP contribution is 2.13. The molecular formula is C6H11F3N2O4S. The van der Waals surface area contributed by atoms with E-state index >= 15 is 0 Å². The summed E-state index contributed by atoms with van der Waals surface area (Å²) in [4.78, 5) is 10.7. The molecule has 0 aliphatic carbocycles. The summed E-state index contributed by atoms with van der Waals surface area (Å²) in [5.74, 6) is -0.875. The van der Waals surface area contributed by atoms with Crippen molar-refractivity contribution in [3.63, 3.8) is 0 Å². The van der Waals surface area contributed by atoms with Crippen molar-refractivity contribution in [1.29, 1.82) is 0 Å². The van der Waals surface area contributed by atoms with Gasteiger partial charge in [0.15, 0.2) is 0 Å². The van der Waals surface area contributed by atoms with E-state index in [9.17, 15) is 26.4 Å². The van der Waals surface area contributed by atoms with Crippen molar-refractivity contribution < 1.29 is 31.1 Å². The minimum absolute atomic E-state index is 0.421. The number of nitrogens with one attached hydrogen (secondary N) is 1. The number of nitrogens with zero attached hydrogens (tertiary/aromatic N) is 1. The van der Waals surface area contributed by atoms with Crippen LogP contribution < -0.4 is 4.72 Å². The van der Waals surface area contributed by atoms with E-state index in [1.54, 1.807) is 0 Å². The zero-order valence-electron chi connectivity index (χ0n) is 8.54. The maximum absolute atomic E-state index is 11.7. The molecule has 1 N–H and O–H groups in total. The predicted molar refractivity (Wildman–Crippen MR) is 47.6 cm³/mol. The number of likely N-dealkylation sites (N-methyl/N-ethyl adjacent to an activating group) is 1. The van der Waals surface area contributed by atoms with Gasteiger partial charge in [-0.3, -0.25) is 4.79 Å². The summed E-state index contributed by atoms with van der Waals surface area (Å²) in [5, 5.41) is 0. The molecule has 0 aromatic heterocycles. The van der Waals surface area contributed by atoms with Gasteiger partial charge in [-0.25, -0.2) is 0 Å². The first-order valence-corrected chi connectivity index (χ1v) is 5.37. The van der Waals surface area contributed by atoms with Crippen LogP contribution in [0.5, 0.6) is 0 Å². The normalized spacial score (nSPS) is 12.9. The van der Waals surface area contributed by atoms with Crippen LogP contribution in [0, 0.1) is 0 Å². The Morgan fingerprint density at radius 1 is 1.44 bits per heavy atom. The fourth-order valence-electron chi connectivity index (χ4n) is 0.615. The van der Waals surface area contributed by atoms with Crippen LogP contribution >= 0.6 is 0 Å². The van der Waals surface area contributed by atoms with Gasteiger partial charge < -0.3 is 4.74 Å². The van der Waals surface area contributed by atoms with E-state index in [0.717, 1.165) is 14.2 Å². The molecule has 10 heteroatoms. The highest BCUT2D eigenvalue weighted by atomic mass is 32.2. The Bertz CT molecular complexity index is 340. The van der Waals surface area contributed by atoms with Gasteiger partial charge in [0.05, 0.1) is 7.11 Å². The van der Waals surface area contributed by atoms with Crippen molar-refractivity contribution in [1.82, 2.24) is 9.03 Å². The van der Waals surface area contributed by atoms with Gasteiger partial charge in [0.1, 0.15) is 13.1 Å². The number of halogens is 3. The summed E-state index contributed by atoms with van der Waals surface area (Å²) >= 11 is 0. The molecular weight excluding hydrogens is 253 g/mol. The first-order valence-electron chi connectivity index (χ1n) is 3.93. The fourth-order valence-corrected chi connectivity index (χ4v) is 1.46. The van der Waals surface area contributed by atoms with Crippen LogP contribution in [-0.2, 0) is 19.7 Å². The first kappa shape index (κ1) is 15.1. The summed E-state index contributed by atoms with van der Waals surface area (Å²) in [5.41, 5.74) is 0. The van der Waals surface area contributed by atoms with Gasteiger partial charge in [-0.2, -0.15) is 30.6 Å². The van der Waals surface area contributed by atoms with E-state index in [0.29, 0.717) is 4.31 Å². The number of esters is 1. The average Bonchev–Trinajstić information content (AvgIpc) is 2.13. The van der Waals surface area contributed by atoms with Crippen molar-refractivity contribution in [2.24, 2.45) is 0 Å². The standard InChI is InChI=1S/C6H11F3N2O4S/c1-11(3-5(12)15-2)16(13,14)10-4-6(7,8)9/h10H,3-4H2,1-2H3. The van der Waals surface area contributed by atoms with Gasteiger partial charge in [-0.15, -0.1) is 0 Å².